The Bertz CT molecular complexity index is 930. The number of likely N-dealkylation sites (tertiary alicyclic amines) is 1. The van der Waals surface area contributed by atoms with Crippen LogP contribution in [0.3, 0.4) is 0 Å². The van der Waals surface area contributed by atoms with Gasteiger partial charge < -0.3 is 25.6 Å². The Morgan fingerprint density at radius 3 is 2.16 bits per heavy atom. The van der Waals surface area contributed by atoms with Crippen LogP contribution >= 0.6 is 12.6 Å². The van der Waals surface area contributed by atoms with E-state index in [0.29, 0.717) is 36.4 Å². The molecule has 212 valence electrons. The van der Waals surface area contributed by atoms with Crippen LogP contribution in [0.2, 0.25) is 0 Å². The second kappa shape index (κ2) is 15.6. The molecule has 1 aliphatic rings. The van der Waals surface area contributed by atoms with Crippen molar-refractivity contribution >= 4 is 42.1 Å². The lowest BCUT2D eigenvalue weighted by Crippen LogP contribution is -2.54. The fourth-order valence-corrected chi connectivity index (χ4v) is 4.44. The SMILES string of the molecule is CC(=O)NC(C(=O)N[C@@H](CCCC(C)C)C(=O)Nc1ccc(COC(=O)N2CCC(S)CC2)cc1)C(C)C. The van der Waals surface area contributed by atoms with Gasteiger partial charge in [0.1, 0.15) is 18.7 Å². The number of ether oxygens (including phenoxy) is 1. The van der Waals surface area contributed by atoms with E-state index in [2.05, 4.69) is 42.4 Å². The van der Waals surface area contributed by atoms with E-state index in [9.17, 15) is 19.2 Å². The predicted molar refractivity (Wildman–Crippen MR) is 152 cm³/mol. The lowest BCUT2D eigenvalue weighted by Gasteiger charge is -2.29. The number of nitrogens with one attached hydrogen (secondary N) is 3. The van der Waals surface area contributed by atoms with Crippen molar-refractivity contribution in [1.82, 2.24) is 15.5 Å². The molecule has 1 aliphatic heterocycles. The smallest absolute Gasteiger partial charge is 0.410 e. The quantitative estimate of drug-likeness (QED) is 0.293. The van der Waals surface area contributed by atoms with Crippen LogP contribution in [0.1, 0.15) is 72.3 Å². The van der Waals surface area contributed by atoms with E-state index < -0.39 is 12.1 Å². The largest absolute Gasteiger partial charge is 0.445 e. The van der Waals surface area contributed by atoms with E-state index in [1.807, 2.05) is 13.8 Å². The van der Waals surface area contributed by atoms with Gasteiger partial charge in [-0.05, 0) is 48.8 Å². The van der Waals surface area contributed by atoms with E-state index in [-0.39, 0.29) is 36.3 Å². The number of hydrogen-bond acceptors (Lipinski definition) is 6. The molecule has 1 heterocycles. The normalized spacial score (nSPS) is 15.6. The summed E-state index contributed by atoms with van der Waals surface area (Å²) in [4.78, 5) is 51.6. The van der Waals surface area contributed by atoms with Crippen molar-refractivity contribution in [2.45, 2.75) is 90.7 Å². The van der Waals surface area contributed by atoms with Crippen LogP contribution in [-0.2, 0) is 25.7 Å². The lowest BCUT2D eigenvalue weighted by molar-refractivity contribution is -0.131. The van der Waals surface area contributed by atoms with Crippen LogP contribution in [0.5, 0.6) is 0 Å². The molecule has 10 heteroatoms. The topological polar surface area (TPSA) is 117 Å². The fourth-order valence-electron chi connectivity index (χ4n) is 4.21. The zero-order valence-corrected chi connectivity index (χ0v) is 24.2. The molecule has 1 aromatic rings. The summed E-state index contributed by atoms with van der Waals surface area (Å²) in [5, 5.41) is 8.72. The van der Waals surface area contributed by atoms with Gasteiger partial charge >= 0.3 is 6.09 Å². The van der Waals surface area contributed by atoms with Gasteiger partial charge in [0.15, 0.2) is 0 Å². The predicted octanol–water partition coefficient (Wildman–Crippen LogP) is 4.13. The highest BCUT2D eigenvalue weighted by molar-refractivity contribution is 7.80. The van der Waals surface area contributed by atoms with Crippen LogP contribution < -0.4 is 16.0 Å². The maximum atomic E-state index is 13.1. The summed E-state index contributed by atoms with van der Waals surface area (Å²) in [6.07, 6.45) is 3.58. The first kappa shape index (κ1) is 31.5. The minimum atomic E-state index is -0.738. The molecular formula is C28H44N4O5S. The summed E-state index contributed by atoms with van der Waals surface area (Å²) in [7, 11) is 0. The number of benzene rings is 1. The Morgan fingerprint density at radius 2 is 1.61 bits per heavy atom. The van der Waals surface area contributed by atoms with E-state index in [4.69, 9.17) is 4.74 Å². The molecule has 0 saturated carbocycles. The highest BCUT2D eigenvalue weighted by atomic mass is 32.1. The van der Waals surface area contributed by atoms with Gasteiger partial charge in [0.25, 0.3) is 0 Å². The van der Waals surface area contributed by atoms with Gasteiger partial charge in [-0.1, -0.05) is 52.7 Å². The van der Waals surface area contributed by atoms with Gasteiger partial charge in [0.2, 0.25) is 17.7 Å². The van der Waals surface area contributed by atoms with Gasteiger partial charge in [-0.3, -0.25) is 14.4 Å². The molecule has 1 fully saturated rings. The Balaban J connectivity index is 1.97. The maximum absolute atomic E-state index is 13.1. The summed E-state index contributed by atoms with van der Waals surface area (Å²) in [6.45, 7) is 10.7. The molecule has 2 rings (SSSR count). The number of carbonyl (C=O) groups is 4. The third-order valence-electron chi connectivity index (χ3n) is 6.52. The van der Waals surface area contributed by atoms with Crippen molar-refractivity contribution in [3.63, 3.8) is 0 Å². The average molecular weight is 549 g/mol. The Labute approximate surface area is 232 Å². The highest BCUT2D eigenvalue weighted by Crippen LogP contribution is 2.17. The summed E-state index contributed by atoms with van der Waals surface area (Å²) < 4.78 is 5.44. The third-order valence-corrected chi connectivity index (χ3v) is 7.04. The number of nitrogens with zero attached hydrogens (tertiary/aromatic N) is 1. The number of carbonyl (C=O) groups excluding carboxylic acids is 4. The van der Waals surface area contributed by atoms with Crippen molar-refractivity contribution in [2.75, 3.05) is 18.4 Å². The Kier molecular flexibility index (Phi) is 12.9. The number of piperidine rings is 1. The van der Waals surface area contributed by atoms with Crippen molar-refractivity contribution in [3.8, 4) is 0 Å². The van der Waals surface area contributed by atoms with E-state index >= 15 is 0 Å². The second-order valence-corrected chi connectivity index (χ2v) is 11.5. The van der Waals surface area contributed by atoms with E-state index in [0.717, 1.165) is 31.2 Å². The third kappa shape index (κ3) is 10.9. The minimum absolute atomic E-state index is 0.130. The number of amides is 4. The first-order chi connectivity index (χ1) is 18.0. The van der Waals surface area contributed by atoms with Gasteiger partial charge in [-0.25, -0.2) is 4.79 Å². The molecule has 0 bridgehead atoms. The first-order valence-corrected chi connectivity index (χ1v) is 14.0. The molecule has 4 amide bonds. The van der Waals surface area contributed by atoms with Gasteiger partial charge in [0, 0.05) is 31.0 Å². The van der Waals surface area contributed by atoms with Crippen molar-refractivity contribution < 1.29 is 23.9 Å². The molecule has 1 aromatic carbocycles. The number of thiol groups is 1. The Hall–Kier alpha value is -2.75. The van der Waals surface area contributed by atoms with E-state index in [1.165, 1.54) is 6.92 Å². The van der Waals surface area contributed by atoms with Gasteiger partial charge in [-0.15, -0.1) is 0 Å². The summed E-state index contributed by atoms with van der Waals surface area (Å²) in [5.41, 5.74) is 1.38. The van der Waals surface area contributed by atoms with Crippen molar-refractivity contribution in [2.24, 2.45) is 11.8 Å². The zero-order chi connectivity index (χ0) is 28.2. The molecule has 0 aromatic heterocycles. The number of anilines is 1. The van der Waals surface area contributed by atoms with Gasteiger partial charge in [-0.2, -0.15) is 12.6 Å². The molecule has 1 unspecified atom stereocenters. The average Bonchev–Trinajstić information content (AvgIpc) is 2.85. The van der Waals surface area contributed by atoms with E-state index in [1.54, 1.807) is 29.2 Å². The maximum Gasteiger partial charge on any atom is 0.410 e. The molecule has 2 atom stereocenters. The molecule has 1 saturated heterocycles. The summed E-state index contributed by atoms with van der Waals surface area (Å²) in [5.74, 6) is -0.647. The highest BCUT2D eigenvalue weighted by Gasteiger charge is 2.28. The lowest BCUT2D eigenvalue weighted by atomic mass is 10.00. The first-order valence-electron chi connectivity index (χ1n) is 13.5. The van der Waals surface area contributed by atoms with Gasteiger partial charge in [0.05, 0.1) is 0 Å². The molecule has 0 radical (unpaired) electrons. The second-order valence-electron chi connectivity index (χ2n) is 10.8. The van der Waals surface area contributed by atoms with Crippen LogP contribution in [0.4, 0.5) is 10.5 Å². The molecule has 3 N–H and O–H groups in total. The molecule has 38 heavy (non-hydrogen) atoms. The summed E-state index contributed by atoms with van der Waals surface area (Å²) in [6, 6.07) is 5.61. The number of hydrogen-bond donors (Lipinski definition) is 4. The minimum Gasteiger partial charge on any atom is -0.445 e. The number of rotatable bonds is 12. The Morgan fingerprint density at radius 1 is 0.974 bits per heavy atom. The molecule has 9 nitrogen and oxygen atoms in total. The van der Waals surface area contributed by atoms with Crippen LogP contribution in [0, 0.1) is 11.8 Å². The van der Waals surface area contributed by atoms with Crippen molar-refractivity contribution in [1.29, 1.82) is 0 Å². The fraction of sp³-hybridized carbons (Fsp3) is 0.643. The molecular weight excluding hydrogens is 504 g/mol. The standard InChI is InChI=1S/C28H44N4O5S/c1-18(2)7-6-8-24(31-27(35)25(19(3)4)29-20(5)33)26(34)30-22-11-9-21(10-12-22)17-37-28(36)32-15-13-23(38)14-16-32/h9-12,18-19,23-25,38H,6-8,13-17H2,1-5H3,(H,29,33)(H,30,34)(H,31,35)/t24-,25?/m0/s1. The monoisotopic (exact) mass is 548 g/mol. The zero-order valence-electron chi connectivity index (χ0n) is 23.3. The van der Waals surface area contributed by atoms with Crippen LogP contribution in [0.25, 0.3) is 0 Å². The molecule has 0 spiro atoms. The van der Waals surface area contributed by atoms with Crippen LogP contribution in [-0.4, -0.2) is 59.1 Å². The summed E-state index contributed by atoms with van der Waals surface area (Å²) >= 11 is 4.45. The van der Waals surface area contributed by atoms with Crippen LogP contribution in [0.15, 0.2) is 24.3 Å². The van der Waals surface area contributed by atoms with Crippen molar-refractivity contribution in [3.05, 3.63) is 29.8 Å². The molecule has 0 aliphatic carbocycles.